The van der Waals surface area contributed by atoms with Crippen LogP contribution in [0.2, 0.25) is 0 Å². The smallest absolute Gasteiger partial charge is 0.407 e. The quantitative estimate of drug-likeness (QED) is 0.400. The minimum Gasteiger partial charge on any atom is -0.480 e. The molecule has 34 heavy (non-hydrogen) atoms. The van der Waals surface area contributed by atoms with Crippen molar-refractivity contribution in [3.8, 4) is 11.1 Å². The molecule has 182 valence electrons. The summed E-state index contributed by atoms with van der Waals surface area (Å²) < 4.78 is 5.57. The molecule has 1 aliphatic carbocycles. The van der Waals surface area contributed by atoms with E-state index in [0.29, 0.717) is 6.42 Å². The lowest BCUT2D eigenvalue weighted by molar-refractivity contribution is -0.144. The number of amides is 2. The Balaban J connectivity index is 1.61. The van der Waals surface area contributed by atoms with Gasteiger partial charge in [-0.1, -0.05) is 68.3 Å². The maximum atomic E-state index is 12.6. The Labute approximate surface area is 199 Å². The number of benzene rings is 2. The van der Waals surface area contributed by atoms with Crippen LogP contribution in [0.1, 0.15) is 56.6 Å². The lowest BCUT2D eigenvalue weighted by Crippen LogP contribution is -2.49. The molecule has 2 aromatic rings. The van der Waals surface area contributed by atoms with Crippen LogP contribution in [0.3, 0.4) is 0 Å². The number of carbonyl (C=O) groups is 3. The first-order valence-corrected chi connectivity index (χ1v) is 11.6. The third-order valence-electron chi connectivity index (χ3n) is 6.07. The number of hydrogen-bond donors (Lipinski definition) is 4. The normalized spacial score (nSPS) is 14.9. The summed E-state index contributed by atoms with van der Waals surface area (Å²) >= 11 is 0. The van der Waals surface area contributed by atoms with E-state index in [-0.39, 0.29) is 18.9 Å². The predicted octanol–water partition coefficient (Wildman–Crippen LogP) is 3.42. The van der Waals surface area contributed by atoms with Gasteiger partial charge in [0.15, 0.2) is 6.04 Å². The van der Waals surface area contributed by atoms with Gasteiger partial charge in [-0.05, 0) is 35.6 Å². The van der Waals surface area contributed by atoms with Crippen molar-refractivity contribution in [2.24, 2.45) is 0 Å². The molecular formula is C26H32N2O6. The van der Waals surface area contributed by atoms with Crippen LogP contribution in [0.25, 0.3) is 11.1 Å². The van der Waals surface area contributed by atoms with Crippen LogP contribution < -0.4 is 10.6 Å². The van der Waals surface area contributed by atoms with Gasteiger partial charge in [0.1, 0.15) is 6.61 Å². The highest BCUT2D eigenvalue weighted by molar-refractivity contribution is 5.84. The fourth-order valence-corrected chi connectivity index (χ4v) is 4.33. The van der Waals surface area contributed by atoms with Crippen LogP contribution in [0.15, 0.2) is 48.5 Å². The van der Waals surface area contributed by atoms with Gasteiger partial charge in [-0.2, -0.15) is 0 Å². The number of unbranched alkanes of at least 4 members (excludes halogenated alkanes) is 1. The number of carboxylic acids is 1. The van der Waals surface area contributed by atoms with Crippen molar-refractivity contribution in [1.82, 2.24) is 10.6 Å². The Hall–Kier alpha value is -3.39. The van der Waals surface area contributed by atoms with E-state index in [0.717, 1.165) is 35.1 Å². The molecule has 3 rings (SSSR count). The van der Waals surface area contributed by atoms with Crippen LogP contribution >= 0.6 is 0 Å². The van der Waals surface area contributed by atoms with E-state index < -0.39 is 36.2 Å². The van der Waals surface area contributed by atoms with E-state index in [1.807, 2.05) is 43.3 Å². The summed E-state index contributed by atoms with van der Waals surface area (Å²) in [6.45, 7) is 3.45. The highest BCUT2D eigenvalue weighted by Crippen LogP contribution is 2.44. The number of carboxylic acid groups (broad SMARTS) is 1. The van der Waals surface area contributed by atoms with E-state index in [4.69, 9.17) is 9.84 Å². The molecule has 2 amide bonds. The number of nitrogens with one attached hydrogen (secondary N) is 2. The number of aliphatic carboxylic acids is 1. The molecule has 1 unspecified atom stereocenters. The molecule has 0 saturated carbocycles. The third kappa shape index (κ3) is 6.14. The van der Waals surface area contributed by atoms with Gasteiger partial charge in [-0.15, -0.1) is 0 Å². The number of aliphatic hydroxyl groups is 1. The third-order valence-corrected chi connectivity index (χ3v) is 6.07. The maximum absolute atomic E-state index is 12.6. The zero-order valence-corrected chi connectivity index (χ0v) is 19.5. The van der Waals surface area contributed by atoms with Crippen molar-refractivity contribution in [3.05, 3.63) is 59.7 Å². The summed E-state index contributed by atoms with van der Waals surface area (Å²) in [7, 11) is 0. The van der Waals surface area contributed by atoms with Crippen molar-refractivity contribution in [2.45, 2.75) is 63.6 Å². The summed E-state index contributed by atoms with van der Waals surface area (Å²) in [6.07, 6.45) is 0.212. The molecule has 2 aromatic carbocycles. The van der Waals surface area contributed by atoms with Gasteiger partial charge in [0.2, 0.25) is 5.91 Å². The molecule has 8 nitrogen and oxygen atoms in total. The molecule has 0 spiro atoms. The highest BCUT2D eigenvalue weighted by atomic mass is 16.5. The van der Waals surface area contributed by atoms with E-state index in [9.17, 15) is 19.5 Å². The molecule has 8 heteroatoms. The van der Waals surface area contributed by atoms with Gasteiger partial charge in [-0.3, -0.25) is 4.79 Å². The van der Waals surface area contributed by atoms with Crippen LogP contribution in [0.4, 0.5) is 4.79 Å². The molecule has 0 fully saturated rings. The summed E-state index contributed by atoms with van der Waals surface area (Å²) in [5.74, 6) is -1.95. The first kappa shape index (κ1) is 25.2. The monoisotopic (exact) mass is 468 g/mol. The molecule has 0 aliphatic heterocycles. The minimum absolute atomic E-state index is 0.0714. The number of ether oxygens (including phenoxy) is 1. The maximum Gasteiger partial charge on any atom is 0.407 e. The SMILES string of the molecule is CCCCC(CC(=O)N[C@H](C(=O)O)[C@@H](C)O)NC(=O)OCC1c2ccccc2-c2ccccc21. The number of hydrogen-bond acceptors (Lipinski definition) is 5. The summed E-state index contributed by atoms with van der Waals surface area (Å²) in [6, 6.07) is 14.2. The molecule has 0 radical (unpaired) electrons. The van der Waals surface area contributed by atoms with Gasteiger partial charge in [0.25, 0.3) is 0 Å². The molecule has 0 saturated heterocycles. The van der Waals surface area contributed by atoms with Crippen molar-refractivity contribution in [1.29, 1.82) is 0 Å². The summed E-state index contributed by atoms with van der Waals surface area (Å²) in [5.41, 5.74) is 4.49. The van der Waals surface area contributed by atoms with E-state index in [1.165, 1.54) is 6.92 Å². The van der Waals surface area contributed by atoms with E-state index in [1.54, 1.807) is 0 Å². The molecule has 0 heterocycles. The minimum atomic E-state index is -1.41. The van der Waals surface area contributed by atoms with Crippen molar-refractivity contribution in [2.75, 3.05) is 6.61 Å². The van der Waals surface area contributed by atoms with Crippen LogP contribution in [-0.4, -0.2) is 53.0 Å². The standard InChI is InChI=1S/C26H32N2O6/c1-3-4-9-17(14-23(30)28-24(16(2)29)25(31)32)27-26(33)34-15-22-20-12-7-5-10-18(20)19-11-6-8-13-21(19)22/h5-8,10-13,16-17,22,24,29H,3-4,9,14-15H2,1-2H3,(H,27,33)(H,28,30)(H,31,32)/t16-,17?,24+/m1/s1. The molecule has 1 aliphatic rings. The van der Waals surface area contributed by atoms with Gasteiger partial charge >= 0.3 is 12.1 Å². The van der Waals surface area contributed by atoms with E-state index in [2.05, 4.69) is 22.8 Å². The average molecular weight is 469 g/mol. The Morgan fingerprint density at radius 2 is 1.59 bits per heavy atom. The molecule has 0 bridgehead atoms. The largest absolute Gasteiger partial charge is 0.480 e. The average Bonchev–Trinajstić information content (AvgIpc) is 3.13. The van der Waals surface area contributed by atoms with E-state index >= 15 is 0 Å². The predicted molar refractivity (Wildman–Crippen MR) is 127 cm³/mol. The number of carbonyl (C=O) groups excluding carboxylic acids is 2. The number of aliphatic hydroxyl groups excluding tert-OH is 1. The second-order valence-corrected chi connectivity index (χ2v) is 8.64. The lowest BCUT2D eigenvalue weighted by atomic mass is 9.98. The first-order chi connectivity index (χ1) is 16.3. The fourth-order valence-electron chi connectivity index (χ4n) is 4.33. The molecule has 0 aromatic heterocycles. The van der Waals surface area contributed by atoms with Gasteiger partial charge in [-0.25, -0.2) is 9.59 Å². The lowest BCUT2D eigenvalue weighted by Gasteiger charge is -2.22. The van der Waals surface area contributed by atoms with Crippen LogP contribution in [-0.2, 0) is 14.3 Å². The van der Waals surface area contributed by atoms with Crippen molar-refractivity contribution >= 4 is 18.0 Å². The molecule has 3 atom stereocenters. The first-order valence-electron chi connectivity index (χ1n) is 11.6. The Kier molecular flexibility index (Phi) is 8.65. The molecular weight excluding hydrogens is 436 g/mol. The Morgan fingerprint density at radius 1 is 1.00 bits per heavy atom. The highest BCUT2D eigenvalue weighted by Gasteiger charge is 2.30. The number of rotatable bonds is 11. The van der Waals surface area contributed by atoms with Gasteiger partial charge < -0.3 is 25.6 Å². The number of alkyl carbamates (subject to hydrolysis) is 1. The summed E-state index contributed by atoms with van der Waals surface area (Å²) in [4.78, 5) is 36.2. The van der Waals surface area contributed by atoms with Crippen LogP contribution in [0.5, 0.6) is 0 Å². The van der Waals surface area contributed by atoms with Crippen molar-refractivity contribution < 1.29 is 29.3 Å². The number of fused-ring (bicyclic) bond motifs is 3. The Morgan fingerprint density at radius 3 is 2.12 bits per heavy atom. The van der Waals surface area contributed by atoms with Crippen LogP contribution in [0, 0.1) is 0 Å². The zero-order chi connectivity index (χ0) is 24.7. The topological polar surface area (TPSA) is 125 Å². The second-order valence-electron chi connectivity index (χ2n) is 8.64. The van der Waals surface area contributed by atoms with Crippen molar-refractivity contribution in [3.63, 3.8) is 0 Å². The molecule has 4 N–H and O–H groups in total. The second kappa shape index (κ2) is 11.7. The van der Waals surface area contributed by atoms with Gasteiger partial charge in [0.05, 0.1) is 6.10 Å². The zero-order valence-electron chi connectivity index (χ0n) is 19.5. The Bertz CT molecular complexity index is 976. The summed E-state index contributed by atoms with van der Waals surface area (Å²) in [5, 5.41) is 23.8. The fraction of sp³-hybridized carbons (Fsp3) is 0.423. The van der Waals surface area contributed by atoms with Gasteiger partial charge in [0, 0.05) is 18.4 Å².